The molecule has 3 N–H and O–H groups in total. The lowest BCUT2D eigenvalue weighted by molar-refractivity contribution is 0.215. The zero-order valence-corrected chi connectivity index (χ0v) is 9.73. The first-order valence-corrected chi connectivity index (χ1v) is 4.93. The maximum atomic E-state index is 9.25. The number of anilines is 2. The number of aliphatic hydroxyl groups excluding tert-OH is 1. The van der Waals surface area contributed by atoms with Crippen LogP contribution in [0, 0.1) is 11.3 Å². The number of likely N-dealkylation sites (N-methyl/N-ethyl adjacent to an activating group) is 1. The van der Waals surface area contributed by atoms with E-state index < -0.39 is 5.54 Å². The maximum Gasteiger partial charge on any atom is 0.165 e. The second-order valence-electron chi connectivity index (χ2n) is 4.25. The number of nitrogens with two attached hydrogens (primary N) is 1. The monoisotopic (exact) mass is 220 g/mol. The standard InChI is InChI=1S/C11H16N4O/c1-11(2,7-16)15(3)10-5-4-8(13)9(6-12)14-10/h4-5,16H,7,13H2,1-3H3. The second kappa shape index (κ2) is 4.37. The average molecular weight is 220 g/mol. The molecule has 0 aliphatic rings. The SMILES string of the molecule is CN(c1ccc(N)c(C#N)n1)C(C)(C)CO. The summed E-state index contributed by atoms with van der Waals surface area (Å²) in [6.45, 7) is 3.77. The van der Waals surface area contributed by atoms with Crippen molar-refractivity contribution in [3.8, 4) is 6.07 Å². The van der Waals surface area contributed by atoms with E-state index in [1.165, 1.54) is 0 Å². The molecule has 0 bridgehead atoms. The van der Waals surface area contributed by atoms with Crippen molar-refractivity contribution in [2.45, 2.75) is 19.4 Å². The molecule has 0 spiro atoms. The third kappa shape index (κ3) is 2.23. The van der Waals surface area contributed by atoms with Crippen molar-refractivity contribution in [1.82, 2.24) is 4.98 Å². The summed E-state index contributed by atoms with van der Waals surface area (Å²) < 4.78 is 0. The Kier molecular flexibility index (Phi) is 3.35. The summed E-state index contributed by atoms with van der Waals surface area (Å²) in [6.07, 6.45) is 0. The molecule has 0 aromatic carbocycles. The molecule has 1 aromatic heterocycles. The van der Waals surface area contributed by atoms with Crippen molar-refractivity contribution in [2.75, 3.05) is 24.3 Å². The molecule has 0 aliphatic carbocycles. The Bertz CT molecular complexity index is 422. The van der Waals surface area contributed by atoms with Crippen LogP contribution in [0.3, 0.4) is 0 Å². The Balaban J connectivity index is 3.11. The molecule has 0 radical (unpaired) electrons. The van der Waals surface area contributed by atoms with Gasteiger partial charge in [0.05, 0.1) is 17.8 Å². The van der Waals surface area contributed by atoms with Gasteiger partial charge >= 0.3 is 0 Å². The van der Waals surface area contributed by atoms with E-state index in [1.54, 1.807) is 12.1 Å². The van der Waals surface area contributed by atoms with Crippen LogP contribution in [0.25, 0.3) is 0 Å². The first-order valence-electron chi connectivity index (χ1n) is 4.93. The van der Waals surface area contributed by atoms with Gasteiger partial charge in [-0.3, -0.25) is 0 Å². The summed E-state index contributed by atoms with van der Waals surface area (Å²) in [7, 11) is 1.82. The molecule has 1 heterocycles. The fourth-order valence-corrected chi connectivity index (χ4v) is 1.15. The second-order valence-corrected chi connectivity index (χ2v) is 4.25. The first kappa shape index (κ1) is 12.3. The van der Waals surface area contributed by atoms with E-state index in [4.69, 9.17) is 11.0 Å². The van der Waals surface area contributed by atoms with Gasteiger partial charge in [0.2, 0.25) is 0 Å². The molecule has 0 saturated heterocycles. The Hall–Kier alpha value is -1.80. The molecule has 5 nitrogen and oxygen atoms in total. The normalized spacial score (nSPS) is 10.9. The number of nitrogen functional groups attached to an aromatic ring is 1. The lowest BCUT2D eigenvalue weighted by Gasteiger charge is -2.34. The van der Waals surface area contributed by atoms with E-state index in [0.717, 1.165) is 0 Å². The molecule has 0 fully saturated rings. The van der Waals surface area contributed by atoms with Gasteiger partial charge in [-0.15, -0.1) is 0 Å². The quantitative estimate of drug-likeness (QED) is 0.784. The molecule has 0 aliphatic heterocycles. The average Bonchev–Trinajstić information content (AvgIpc) is 2.28. The van der Waals surface area contributed by atoms with Gasteiger partial charge < -0.3 is 15.7 Å². The van der Waals surface area contributed by atoms with Crippen LogP contribution in [-0.2, 0) is 0 Å². The van der Waals surface area contributed by atoms with Gasteiger partial charge in [0.1, 0.15) is 11.9 Å². The molecule has 0 unspecified atom stereocenters. The maximum absolute atomic E-state index is 9.25. The Morgan fingerprint density at radius 1 is 1.56 bits per heavy atom. The van der Waals surface area contributed by atoms with E-state index in [2.05, 4.69) is 4.98 Å². The van der Waals surface area contributed by atoms with E-state index in [1.807, 2.05) is 31.9 Å². The largest absolute Gasteiger partial charge is 0.396 e. The third-order valence-corrected chi connectivity index (χ3v) is 2.66. The number of aliphatic hydroxyl groups is 1. The van der Waals surface area contributed by atoms with Gasteiger partial charge in [0.15, 0.2) is 5.69 Å². The third-order valence-electron chi connectivity index (χ3n) is 2.66. The lowest BCUT2D eigenvalue weighted by atomic mass is 10.1. The zero-order valence-electron chi connectivity index (χ0n) is 9.73. The van der Waals surface area contributed by atoms with Crippen LogP contribution in [0.4, 0.5) is 11.5 Å². The number of hydrogen-bond acceptors (Lipinski definition) is 5. The van der Waals surface area contributed by atoms with Gasteiger partial charge in [-0.25, -0.2) is 4.98 Å². The van der Waals surface area contributed by atoms with E-state index >= 15 is 0 Å². The molecule has 0 amide bonds. The zero-order chi connectivity index (χ0) is 12.3. The molecule has 0 saturated carbocycles. The predicted octanol–water partition coefficient (Wildman–Crippen LogP) is 0.743. The molecule has 0 atom stereocenters. The number of aromatic nitrogens is 1. The summed E-state index contributed by atoms with van der Waals surface area (Å²) in [5, 5.41) is 18.1. The highest BCUT2D eigenvalue weighted by Gasteiger charge is 2.24. The fraction of sp³-hybridized carbons (Fsp3) is 0.455. The molecule has 86 valence electrons. The number of nitriles is 1. The number of rotatable bonds is 3. The van der Waals surface area contributed by atoms with E-state index in [9.17, 15) is 5.11 Å². The van der Waals surface area contributed by atoms with Crippen LogP contribution in [0.2, 0.25) is 0 Å². The van der Waals surface area contributed by atoms with Crippen molar-refractivity contribution < 1.29 is 5.11 Å². The van der Waals surface area contributed by atoms with Crippen molar-refractivity contribution in [3.05, 3.63) is 17.8 Å². The summed E-state index contributed by atoms with van der Waals surface area (Å²) in [6, 6.07) is 5.31. The molecular formula is C11H16N4O. The minimum absolute atomic E-state index is 0.00254. The van der Waals surface area contributed by atoms with Crippen molar-refractivity contribution in [3.63, 3.8) is 0 Å². The molecule has 16 heavy (non-hydrogen) atoms. The highest BCUT2D eigenvalue weighted by Crippen LogP contribution is 2.21. The smallest absolute Gasteiger partial charge is 0.165 e. The van der Waals surface area contributed by atoms with E-state index in [-0.39, 0.29) is 12.3 Å². The van der Waals surface area contributed by atoms with Crippen molar-refractivity contribution >= 4 is 11.5 Å². The van der Waals surface area contributed by atoms with Crippen molar-refractivity contribution in [1.29, 1.82) is 5.26 Å². The van der Waals surface area contributed by atoms with Gasteiger partial charge in [-0.2, -0.15) is 5.26 Å². The van der Waals surface area contributed by atoms with Gasteiger partial charge in [0, 0.05) is 7.05 Å². The first-order chi connectivity index (χ1) is 7.42. The topological polar surface area (TPSA) is 86.2 Å². The highest BCUT2D eigenvalue weighted by molar-refractivity contribution is 5.55. The van der Waals surface area contributed by atoms with Crippen LogP contribution in [0.5, 0.6) is 0 Å². The Labute approximate surface area is 95.1 Å². The summed E-state index contributed by atoms with van der Waals surface area (Å²) in [5.74, 6) is 0.616. The summed E-state index contributed by atoms with van der Waals surface area (Å²) >= 11 is 0. The minimum Gasteiger partial charge on any atom is -0.396 e. The Morgan fingerprint density at radius 2 is 2.19 bits per heavy atom. The number of nitrogens with zero attached hydrogens (tertiary/aromatic N) is 3. The lowest BCUT2D eigenvalue weighted by Crippen LogP contribution is -2.44. The number of pyridine rings is 1. The van der Waals surface area contributed by atoms with Crippen LogP contribution in [-0.4, -0.2) is 29.3 Å². The van der Waals surface area contributed by atoms with Crippen LogP contribution >= 0.6 is 0 Å². The molecule has 1 rings (SSSR count). The van der Waals surface area contributed by atoms with Gasteiger partial charge in [0.25, 0.3) is 0 Å². The van der Waals surface area contributed by atoms with Crippen molar-refractivity contribution in [2.24, 2.45) is 0 Å². The summed E-state index contributed by atoms with van der Waals surface area (Å²) in [5.41, 5.74) is 5.72. The van der Waals surface area contributed by atoms with Gasteiger partial charge in [-0.1, -0.05) is 0 Å². The fourth-order valence-electron chi connectivity index (χ4n) is 1.15. The molecule has 5 heteroatoms. The van der Waals surface area contributed by atoms with Gasteiger partial charge in [-0.05, 0) is 26.0 Å². The molecular weight excluding hydrogens is 204 g/mol. The van der Waals surface area contributed by atoms with E-state index in [0.29, 0.717) is 11.5 Å². The minimum atomic E-state index is -0.435. The highest BCUT2D eigenvalue weighted by atomic mass is 16.3. The number of hydrogen-bond donors (Lipinski definition) is 2. The van der Waals surface area contributed by atoms with Crippen LogP contribution in [0.1, 0.15) is 19.5 Å². The molecule has 1 aromatic rings. The van der Waals surface area contributed by atoms with Crippen LogP contribution < -0.4 is 10.6 Å². The summed E-state index contributed by atoms with van der Waals surface area (Å²) in [4.78, 5) is 5.95. The Morgan fingerprint density at radius 3 is 2.69 bits per heavy atom. The van der Waals surface area contributed by atoms with Crippen LogP contribution in [0.15, 0.2) is 12.1 Å². The predicted molar refractivity (Wildman–Crippen MR) is 62.9 cm³/mol.